The number of amides is 1. The van der Waals surface area contributed by atoms with Gasteiger partial charge in [0.15, 0.2) is 5.78 Å². The van der Waals surface area contributed by atoms with Gasteiger partial charge in [-0.25, -0.2) is 13.6 Å². The summed E-state index contributed by atoms with van der Waals surface area (Å²) in [5.41, 5.74) is 0. The highest BCUT2D eigenvalue weighted by Gasteiger charge is 2.34. The van der Waals surface area contributed by atoms with Crippen LogP contribution in [0.4, 0.5) is 13.6 Å². The summed E-state index contributed by atoms with van der Waals surface area (Å²) in [6, 6.07) is -0.360. The van der Waals surface area contributed by atoms with E-state index >= 15 is 0 Å². The molecule has 0 bridgehead atoms. The van der Waals surface area contributed by atoms with Gasteiger partial charge in [0.2, 0.25) is 5.92 Å². The zero-order valence-electron chi connectivity index (χ0n) is 12.2. The zero-order chi connectivity index (χ0) is 15.3. The summed E-state index contributed by atoms with van der Waals surface area (Å²) in [6.07, 6.45) is 4.43. The number of hydrogen-bond donors (Lipinski definition) is 1. The Bertz CT molecular complexity index is 377. The fourth-order valence-electron chi connectivity index (χ4n) is 2.83. The van der Waals surface area contributed by atoms with Crippen LogP contribution in [0.25, 0.3) is 0 Å². The van der Waals surface area contributed by atoms with Crippen LogP contribution in [0, 0.1) is 5.92 Å². The van der Waals surface area contributed by atoms with Crippen LogP contribution in [-0.4, -0.2) is 30.4 Å². The average molecular weight is 303 g/mol. The van der Waals surface area contributed by atoms with Gasteiger partial charge in [-0.15, -0.1) is 0 Å². The number of hydrogen-bond acceptors (Lipinski definition) is 3. The van der Waals surface area contributed by atoms with E-state index in [-0.39, 0.29) is 24.7 Å². The highest BCUT2D eigenvalue weighted by atomic mass is 19.3. The second-order valence-electron chi connectivity index (χ2n) is 6.13. The van der Waals surface area contributed by atoms with E-state index in [1.54, 1.807) is 0 Å². The van der Waals surface area contributed by atoms with Crippen molar-refractivity contribution in [2.45, 2.75) is 69.8 Å². The molecule has 0 saturated heterocycles. The first kappa shape index (κ1) is 16.2. The SMILES string of the molecule is O=C(N[C@H]1CCC1=O)OCCCCC1CCC(F)(F)CC1. The van der Waals surface area contributed by atoms with Crippen LogP contribution in [0.5, 0.6) is 0 Å². The number of carbonyl (C=O) groups is 2. The molecule has 2 rings (SSSR count). The highest BCUT2D eigenvalue weighted by molar-refractivity contribution is 5.92. The largest absolute Gasteiger partial charge is 0.450 e. The van der Waals surface area contributed by atoms with Gasteiger partial charge in [0.1, 0.15) is 0 Å². The molecule has 1 atom stereocenters. The van der Waals surface area contributed by atoms with E-state index in [1.165, 1.54) is 0 Å². The third-order valence-electron chi connectivity index (χ3n) is 4.44. The summed E-state index contributed by atoms with van der Waals surface area (Å²) in [7, 11) is 0. The van der Waals surface area contributed by atoms with E-state index in [2.05, 4.69) is 5.32 Å². The van der Waals surface area contributed by atoms with Gasteiger partial charge < -0.3 is 10.1 Å². The maximum absolute atomic E-state index is 13.0. The molecular weight excluding hydrogens is 280 g/mol. The van der Waals surface area contributed by atoms with Gasteiger partial charge in [-0.3, -0.25) is 4.79 Å². The molecular formula is C15H23F2NO3. The summed E-state index contributed by atoms with van der Waals surface area (Å²) in [4.78, 5) is 22.4. The number of rotatable bonds is 6. The summed E-state index contributed by atoms with van der Waals surface area (Å²) < 4.78 is 31.0. The molecule has 0 spiro atoms. The summed E-state index contributed by atoms with van der Waals surface area (Å²) in [5, 5.41) is 2.52. The van der Waals surface area contributed by atoms with Crippen molar-refractivity contribution in [3.05, 3.63) is 0 Å². The Hall–Kier alpha value is -1.20. The Labute approximate surface area is 123 Å². The first-order valence-corrected chi connectivity index (χ1v) is 7.80. The minimum Gasteiger partial charge on any atom is -0.450 e. The molecule has 2 fully saturated rings. The van der Waals surface area contributed by atoms with Crippen LogP contribution < -0.4 is 5.32 Å². The van der Waals surface area contributed by atoms with Crippen molar-refractivity contribution in [1.29, 1.82) is 0 Å². The number of nitrogens with one attached hydrogen (secondary N) is 1. The smallest absolute Gasteiger partial charge is 0.407 e. The fraction of sp³-hybridized carbons (Fsp3) is 0.867. The fourth-order valence-corrected chi connectivity index (χ4v) is 2.83. The second kappa shape index (κ2) is 7.18. The second-order valence-corrected chi connectivity index (χ2v) is 6.13. The van der Waals surface area contributed by atoms with Gasteiger partial charge in [-0.2, -0.15) is 0 Å². The lowest BCUT2D eigenvalue weighted by atomic mass is 9.84. The van der Waals surface area contributed by atoms with Crippen molar-refractivity contribution in [3.8, 4) is 0 Å². The number of alkyl carbamates (subject to hydrolysis) is 1. The van der Waals surface area contributed by atoms with Gasteiger partial charge in [-0.1, -0.05) is 6.42 Å². The Balaban J connectivity index is 1.46. The molecule has 2 aliphatic carbocycles. The lowest BCUT2D eigenvalue weighted by Crippen LogP contribution is -2.47. The predicted octanol–water partition coefficient (Wildman–Crippen LogP) is 3.44. The number of Topliss-reactive ketones (excluding diaryl/α,β-unsaturated/α-hetero) is 1. The maximum atomic E-state index is 13.0. The number of unbranched alkanes of at least 4 members (excludes halogenated alkanes) is 1. The molecule has 21 heavy (non-hydrogen) atoms. The van der Waals surface area contributed by atoms with E-state index in [0.29, 0.717) is 38.2 Å². The van der Waals surface area contributed by atoms with E-state index in [0.717, 1.165) is 19.3 Å². The normalized spacial score (nSPS) is 25.2. The Morgan fingerprint density at radius 3 is 2.52 bits per heavy atom. The highest BCUT2D eigenvalue weighted by Crippen LogP contribution is 2.37. The Morgan fingerprint density at radius 1 is 1.24 bits per heavy atom. The monoisotopic (exact) mass is 303 g/mol. The lowest BCUT2D eigenvalue weighted by molar-refractivity contribution is -0.126. The first-order chi connectivity index (χ1) is 9.96. The van der Waals surface area contributed by atoms with E-state index in [4.69, 9.17) is 4.74 Å². The van der Waals surface area contributed by atoms with Crippen molar-refractivity contribution in [2.75, 3.05) is 6.61 Å². The van der Waals surface area contributed by atoms with Crippen molar-refractivity contribution >= 4 is 11.9 Å². The Kier molecular flexibility index (Phi) is 5.53. The number of ketones is 1. The molecule has 1 amide bonds. The molecule has 120 valence electrons. The predicted molar refractivity (Wildman–Crippen MR) is 73.3 cm³/mol. The molecule has 4 nitrogen and oxygen atoms in total. The van der Waals surface area contributed by atoms with Gasteiger partial charge >= 0.3 is 6.09 Å². The van der Waals surface area contributed by atoms with Gasteiger partial charge in [0.05, 0.1) is 12.6 Å². The standard InChI is InChI=1S/C15H23F2NO3/c16-15(17)8-6-11(7-9-15)3-1-2-10-21-14(20)18-12-4-5-13(12)19/h11-12H,1-10H2,(H,18,20)/t12-/m0/s1. The molecule has 0 heterocycles. The third-order valence-corrected chi connectivity index (χ3v) is 4.44. The van der Waals surface area contributed by atoms with Crippen LogP contribution in [0.15, 0.2) is 0 Å². The molecule has 2 saturated carbocycles. The van der Waals surface area contributed by atoms with Crippen LogP contribution in [-0.2, 0) is 9.53 Å². The van der Waals surface area contributed by atoms with Gasteiger partial charge in [0.25, 0.3) is 0 Å². The molecule has 0 unspecified atom stereocenters. The van der Waals surface area contributed by atoms with Crippen molar-refractivity contribution in [3.63, 3.8) is 0 Å². The molecule has 0 aliphatic heterocycles. The van der Waals surface area contributed by atoms with E-state index in [1.807, 2.05) is 0 Å². The lowest BCUT2D eigenvalue weighted by Gasteiger charge is -2.28. The number of carbonyl (C=O) groups excluding carboxylic acids is 2. The molecule has 0 aromatic carbocycles. The molecule has 0 aromatic rings. The van der Waals surface area contributed by atoms with Crippen LogP contribution in [0.3, 0.4) is 0 Å². The summed E-state index contributed by atoms with van der Waals surface area (Å²) in [6.45, 7) is 0.315. The minimum atomic E-state index is -2.46. The minimum absolute atomic E-state index is 0.00594. The summed E-state index contributed by atoms with van der Waals surface area (Å²) >= 11 is 0. The quantitative estimate of drug-likeness (QED) is 0.765. The van der Waals surface area contributed by atoms with E-state index in [9.17, 15) is 18.4 Å². The van der Waals surface area contributed by atoms with Crippen molar-refractivity contribution < 1.29 is 23.1 Å². The first-order valence-electron chi connectivity index (χ1n) is 7.80. The maximum Gasteiger partial charge on any atom is 0.407 e. The van der Waals surface area contributed by atoms with Crippen LogP contribution in [0.1, 0.15) is 57.8 Å². The topological polar surface area (TPSA) is 55.4 Å². The van der Waals surface area contributed by atoms with Crippen molar-refractivity contribution in [2.24, 2.45) is 5.92 Å². The molecule has 6 heteroatoms. The number of alkyl halides is 2. The Morgan fingerprint density at radius 2 is 1.95 bits per heavy atom. The van der Waals surface area contributed by atoms with E-state index < -0.39 is 12.0 Å². The number of halogens is 2. The molecule has 2 aliphatic rings. The average Bonchev–Trinajstić information content (AvgIpc) is 2.44. The van der Waals surface area contributed by atoms with Crippen molar-refractivity contribution in [1.82, 2.24) is 5.32 Å². The zero-order valence-corrected chi connectivity index (χ0v) is 12.2. The summed E-state index contributed by atoms with van der Waals surface area (Å²) in [5.74, 6) is -2.02. The van der Waals surface area contributed by atoms with Crippen LogP contribution in [0.2, 0.25) is 0 Å². The number of ether oxygens (including phenoxy) is 1. The van der Waals surface area contributed by atoms with Gasteiger partial charge in [0, 0.05) is 19.3 Å². The van der Waals surface area contributed by atoms with Gasteiger partial charge in [-0.05, 0) is 38.0 Å². The molecule has 1 N–H and O–H groups in total. The van der Waals surface area contributed by atoms with Crippen LogP contribution >= 0.6 is 0 Å². The third kappa shape index (κ3) is 5.25. The molecule has 0 aromatic heterocycles. The molecule has 0 radical (unpaired) electrons.